The van der Waals surface area contributed by atoms with Crippen LogP contribution in [-0.2, 0) is 6.54 Å². The van der Waals surface area contributed by atoms with Gasteiger partial charge in [-0.2, -0.15) is 0 Å². The van der Waals surface area contributed by atoms with Crippen molar-refractivity contribution in [1.29, 1.82) is 0 Å². The van der Waals surface area contributed by atoms with Crippen molar-refractivity contribution in [2.75, 3.05) is 31.6 Å². The van der Waals surface area contributed by atoms with Crippen LogP contribution in [0.4, 0.5) is 5.69 Å². The van der Waals surface area contributed by atoms with E-state index in [0.717, 1.165) is 42.5 Å². The third-order valence-electron chi connectivity index (χ3n) is 3.42. The first-order chi connectivity index (χ1) is 10.7. The van der Waals surface area contributed by atoms with Crippen LogP contribution in [0.3, 0.4) is 0 Å². The summed E-state index contributed by atoms with van der Waals surface area (Å²) in [5.41, 5.74) is 1.06. The second kappa shape index (κ2) is 8.98. The summed E-state index contributed by atoms with van der Waals surface area (Å²) in [5, 5.41) is 3.34. The zero-order chi connectivity index (χ0) is 15.8. The van der Waals surface area contributed by atoms with Gasteiger partial charge < -0.3 is 15.0 Å². The van der Waals surface area contributed by atoms with E-state index < -0.39 is 0 Å². The minimum atomic E-state index is 0.578. The van der Waals surface area contributed by atoms with Crippen LogP contribution in [0.25, 0.3) is 0 Å². The van der Waals surface area contributed by atoms with Gasteiger partial charge in [0.05, 0.1) is 6.54 Å². The molecule has 0 aliphatic heterocycles. The van der Waals surface area contributed by atoms with Gasteiger partial charge in [-0.15, -0.1) is 11.3 Å². The van der Waals surface area contributed by atoms with E-state index in [1.807, 2.05) is 24.3 Å². The van der Waals surface area contributed by atoms with E-state index >= 15 is 0 Å². The zero-order valence-electron chi connectivity index (χ0n) is 13.0. The molecule has 6 heteroatoms. The van der Waals surface area contributed by atoms with Crippen molar-refractivity contribution in [3.8, 4) is 5.75 Å². The predicted octanol–water partition coefficient (Wildman–Crippen LogP) is 4.13. The van der Waals surface area contributed by atoms with Crippen LogP contribution in [0.5, 0.6) is 5.75 Å². The lowest BCUT2D eigenvalue weighted by Gasteiger charge is -2.18. The molecule has 0 unspecified atom stereocenters. The van der Waals surface area contributed by atoms with E-state index in [-0.39, 0.29) is 0 Å². The van der Waals surface area contributed by atoms with Gasteiger partial charge in [-0.05, 0) is 37.4 Å². The number of halogens is 1. The molecule has 0 saturated carbocycles. The van der Waals surface area contributed by atoms with Gasteiger partial charge in [0.25, 0.3) is 0 Å². The third kappa shape index (κ3) is 5.48. The summed E-state index contributed by atoms with van der Waals surface area (Å²) < 4.78 is 6.34. The maximum absolute atomic E-state index is 5.81. The Labute approximate surface area is 141 Å². The van der Waals surface area contributed by atoms with Crippen molar-refractivity contribution < 1.29 is 4.74 Å². The van der Waals surface area contributed by atoms with Gasteiger partial charge in [-0.3, -0.25) is 0 Å². The minimum absolute atomic E-state index is 0.578. The summed E-state index contributed by atoms with van der Waals surface area (Å²) in [6, 6.07) is 8.03. The highest BCUT2D eigenvalue weighted by Crippen LogP contribution is 2.20. The fourth-order valence-electron chi connectivity index (χ4n) is 2.06. The second-order valence-electron chi connectivity index (χ2n) is 4.83. The molecule has 1 N–H and O–H groups in total. The van der Waals surface area contributed by atoms with Crippen molar-refractivity contribution >= 4 is 28.6 Å². The molecular formula is C16H22ClN3OS. The highest BCUT2D eigenvalue weighted by atomic mass is 35.5. The molecule has 1 heterocycles. The van der Waals surface area contributed by atoms with E-state index in [4.69, 9.17) is 16.3 Å². The number of nitrogens with one attached hydrogen (secondary N) is 1. The second-order valence-corrected chi connectivity index (χ2v) is 6.53. The molecule has 0 amide bonds. The van der Waals surface area contributed by atoms with Gasteiger partial charge in [0.15, 0.2) is 4.47 Å². The van der Waals surface area contributed by atoms with Crippen molar-refractivity contribution in [2.24, 2.45) is 0 Å². The standard InChI is InChI=1S/C16H22ClN3OS/c1-3-20(4-2)9-10-21-14-7-5-13(6-8-14)18-11-15-12-19-16(17)22-15/h5-8,12,18H,3-4,9-11H2,1-2H3. The first-order valence-corrected chi connectivity index (χ1v) is 8.70. The first kappa shape index (κ1) is 17.1. The monoisotopic (exact) mass is 339 g/mol. The van der Waals surface area contributed by atoms with Crippen LogP contribution < -0.4 is 10.1 Å². The van der Waals surface area contributed by atoms with E-state index in [2.05, 4.69) is 29.0 Å². The van der Waals surface area contributed by atoms with Gasteiger partial charge in [0.2, 0.25) is 0 Å². The molecule has 0 saturated heterocycles. The highest BCUT2D eigenvalue weighted by molar-refractivity contribution is 7.15. The summed E-state index contributed by atoms with van der Waals surface area (Å²) in [6.45, 7) is 8.86. The Morgan fingerprint density at radius 3 is 2.55 bits per heavy atom. The molecule has 120 valence electrons. The number of aromatic nitrogens is 1. The fraction of sp³-hybridized carbons (Fsp3) is 0.438. The number of thiazole rings is 1. The molecule has 22 heavy (non-hydrogen) atoms. The number of benzene rings is 1. The zero-order valence-corrected chi connectivity index (χ0v) is 14.6. The number of anilines is 1. The smallest absolute Gasteiger partial charge is 0.183 e. The van der Waals surface area contributed by atoms with E-state index in [0.29, 0.717) is 11.1 Å². The summed E-state index contributed by atoms with van der Waals surface area (Å²) in [6.07, 6.45) is 1.80. The number of nitrogens with zero attached hydrogens (tertiary/aromatic N) is 2. The Kier molecular flexibility index (Phi) is 6.96. The minimum Gasteiger partial charge on any atom is -0.492 e. The highest BCUT2D eigenvalue weighted by Gasteiger charge is 2.01. The average Bonchev–Trinajstić information content (AvgIpc) is 2.96. The van der Waals surface area contributed by atoms with Crippen LogP contribution in [-0.4, -0.2) is 36.1 Å². The number of likely N-dealkylation sites (N-methyl/N-ethyl adjacent to an activating group) is 1. The topological polar surface area (TPSA) is 37.4 Å². The molecule has 0 radical (unpaired) electrons. The molecule has 0 spiro atoms. The van der Waals surface area contributed by atoms with Crippen molar-refractivity contribution in [1.82, 2.24) is 9.88 Å². The summed E-state index contributed by atoms with van der Waals surface area (Å²) in [5.74, 6) is 0.901. The Bertz CT molecular complexity index is 555. The quantitative estimate of drug-likeness (QED) is 0.745. The largest absolute Gasteiger partial charge is 0.492 e. The lowest BCUT2D eigenvalue weighted by molar-refractivity contribution is 0.223. The molecule has 2 aromatic rings. The Balaban J connectivity index is 1.75. The summed E-state index contributed by atoms with van der Waals surface area (Å²) in [7, 11) is 0. The van der Waals surface area contributed by atoms with Crippen molar-refractivity contribution in [3.63, 3.8) is 0 Å². The molecule has 1 aromatic heterocycles. The summed E-state index contributed by atoms with van der Waals surface area (Å²) in [4.78, 5) is 7.48. The molecule has 1 aromatic carbocycles. The molecule has 0 bridgehead atoms. The normalized spacial score (nSPS) is 10.9. The van der Waals surface area contributed by atoms with E-state index in [1.165, 1.54) is 11.3 Å². The average molecular weight is 340 g/mol. The number of hydrogen-bond acceptors (Lipinski definition) is 5. The van der Waals surface area contributed by atoms with Crippen LogP contribution in [0.1, 0.15) is 18.7 Å². The Hall–Kier alpha value is -1.30. The first-order valence-electron chi connectivity index (χ1n) is 7.50. The van der Waals surface area contributed by atoms with Crippen molar-refractivity contribution in [2.45, 2.75) is 20.4 Å². The summed E-state index contributed by atoms with van der Waals surface area (Å²) >= 11 is 7.30. The van der Waals surface area contributed by atoms with E-state index in [1.54, 1.807) is 6.20 Å². The molecule has 0 aliphatic carbocycles. The maximum Gasteiger partial charge on any atom is 0.183 e. The molecule has 0 atom stereocenters. The van der Waals surface area contributed by atoms with Crippen LogP contribution in [0, 0.1) is 0 Å². The lowest BCUT2D eigenvalue weighted by Crippen LogP contribution is -2.27. The maximum atomic E-state index is 5.81. The molecular weight excluding hydrogens is 318 g/mol. The van der Waals surface area contributed by atoms with Crippen LogP contribution >= 0.6 is 22.9 Å². The van der Waals surface area contributed by atoms with Gasteiger partial charge in [-0.1, -0.05) is 25.4 Å². The Morgan fingerprint density at radius 2 is 1.95 bits per heavy atom. The van der Waals surface area contributed by atoms with E-state index in [9.17, 15) is 0 Å². The number of ether oxygens (including phenoxy) is 1. The van der Waals surface area contributed by atoms with Crippen LogP contribution in [0.2, 0.25) is 4.47 Å². The van der Waals surface area contributed by atoms with Crippen LogP contribution in [0.15, 0.2) is 30.5 Å². The third-order valence-corrected chi connectivity index (χ3v) is 4.53. The van der Waals surface area contributed by atoms with Gasteiger partial charge >= 0.3 is 0 Å². The van der Waals surface area contributed by atoms with Gasteiger partial charge in [-0.25, -0.2) is 4.98 Å². The predicted molar refractivity (Wildman–Crippen MR) is 94.2 cm³/mol. The Morgan fingerprint density at radius 1 is 1.23 bits per heavy atom. The molecule has 4 nitrogen and oxygen atoms in total. The number of hydrogen-bond donors (Lipinski definition) is 1. The van der Waals surface area contributed by atoms with Gasteiger partial charge in [0, 0.05) is 23.3 Å². The molecule has 2 rings (SSSR count). The molecule has 0 fully saturated rings. The SMILES string of the molecule is CCN(CC)CCOc1ccc(NCc2cnc(Cl)s2)cc1. The van der Waals surface area contributed by atoms with Crippen molar-refractivity contribution in [3.05, 3.63) is 39.8 Å². The molecule has 0 aliphatic rings. The number of rotatable bonds is 9. The van der Waals surface area contributed by atoms with Gasteiger partial charge in [0.1, 0.15) is 12.4 Å². The fourth-order valence-corrected chi connectivity index (χ4v) is 2.97. The lowest BCUT2D eigenvalue weighted by atomic mass is 10.3.